The molecule has 2 N–H and O–H groups in total. The average Bonchev–Trinajstić information content (AvgIpc) is 2.72. The predicted octanol–water partition coefficient (Wildman–Crippen LogP) is 2.92. The SMILES string of the molecule is COC(=O)CNC(=O)c1c[nH]c2ccc(Cc3ccc(OC(F)(F)F)cc3)cc2c1=O. The van der Waals surface area contributed by atoms with Gasteiger partial charge in [-0.05, 0) is 41.8 Å². The molecule has 0 radical (unpaired) electrons. The second kappa shape index (κ2) is 8.90. The summed E-state index contributed by atoms with van der Waals surface area (Å²) in [5.41, 5.74) is 1.24. The standard InChI is InChI=1S/C21H17F3N2O5/c1-30-18(27)11-26-20(29)16-10-25-17-7-4-13(9-15(17)19(16)28)8-12-2-5-14(6-3-12)31-21(22,23)24/h2-7,9-10H,8,11H2,1H3,(H,25,28)(H,26,29). The fourth-order valence-electron chi connectivity index (χ4n) is 2.91. The number of aromatic nitrogens is 1. The number of methoxy groups -OCH3 is 1. The fourth-order valence-corrected chi connectivity index (χ4v) is 2.91. The number of nitrogens with one attached hydrogen (secondary N) is 2. The smallest absolute Gasteiger partial charge is 0.468 e. The van der Waals surface area contributed by atoms with Crippen molar-refractivity contribution in [3.8, 4) is 5.75 Å². The Balaban J connectivity index is 1.81. The average molecular weight is 434 g/mol. The first kappa shape index (κ1) is 21.9. The summed E-state index contributed by atoms with van der Waals surface area (Å²) in [6.45, 7) is -0.374. The summed E-state index contributed by atoms with van der Waals surface area (Å²) in [5.74, 6) is -1.70. The van der Waals surface area contributed by atoms with E-state index in [1.54, 1.807) is 18.2 Å². The lowest BCUT2D eigenvalue weighted by Gasteiger charge is -2.10. The first-order valence-electron chi connectivity index (χ1n) is 9.00. The number of H-pyrrole nitrogens is 1. The number of rotatable bonds is 6. The quantitative estimate of drug-likeness (QED) is 0.582. The highest BCUT2D eigenvalue weighted by molar-refractivity contribution is 5.98. The van der Waals surface area contributed by atoms with Crippen LogP contribution in [0.15, 0.2) is 53.5 Å². The molecule has 3 aromatic rings. The highest BCUT2D eigenvalue weighted by Gasteiger charge is 2.30. The van der Waals surface area contributed by atoms with Crippen molar-refractivity contribution in [2.24, 2.45) is 0 Å². The molecule has 0 spiro atoms. The minimum atomic E-state index is -4.76. The molecule has 0 saturated heterocycles. The van der Waals surface area contributed by atoms with Crippen LogP contribution in [0.2, 0.25) is 0 Å². The molecule has 2 aromatic carbocycles. The van der Waals surface area contributed by atoms with E-state index in [1.807, 2.05) is 0 Å². The van der Waals surface area contributed by atoms with Crippen LogP contribution >= 0.6 is 0 Å². The highest BCUT2D eigenvalue weighted by Crippen LogP contribution is 2.23. The second-order valence-corrected chi connectivity index (χ2v) is 6.54. The number of aromatic amines is 1. The molecule has 0 aliphatic rings. The number of hydrogen-bond donors (Lipinski definition) is 2. The number of hydrogen-bond acceptors (Lipinski definition) is 5. The van der Waals surface area contributed by atoms with Gasteiger partial charge in [-0.2, -0.15) is 0 Å². The maximum absolute atomic E-state index is 12.7. The van der Waals surface area contributed by atoms with Crippen molar-refractivity contribution in [3.63, 3.8) is 0 Å². The van der Waals surface area contributed by atoms with E-state index in [0.29, 0.717) is 17.5 Å². The Morgan fingerprint density at radius 2 is 1.74 bits per heavy atom. The van der Waals surface area contributed by atoms with Gasteiger partial charge in [0.05, 0.1) is 7.11 Å². The Kier molecular flexibility index (Phi) is 6.28. The molecule has 0 atom stereocenters. The van der Waals surface area contributed by atoms with Crippen molar-refractivity contribution in [2.45, 2.75) is 12.8 Å². The summed E-state index contributed by atoms with van der Waals surface area (Å²) >= 11 is 0. The number of amides is 1. The number of halogens is 3. The summed E-state index contributed by atoms with van der Waals surface area (Å²) in [4.78, 5) is 39.0. The Morgan fingerprint density at radius 1 is 1.06 bits per heavy atom. The number of carbonyl (C=O) groups excluding carboxylic acids is 2. The van der Waals surface area contributed by atoms with E-state index >= 15 is 0 Å². The molecule has 0 fully saturated rings. The summed E-state index contributed by atoms with van der Waals surface area (Å²) in [6, 6.07) is 10.4. The molecule has 0 aliphatic carbocycles. The monoisotopic (exact) mass is 434 g/mol. The van der Waals surface area contributed by atoms with Gasteiger partial charge in [0.25, 0.3) is 5.91 Å². The largest absolute Gasteiger partial charge is 0.573 e. The molecule has 1 heterocycles. The van der Waals surface area contributed by atoms with E-state index in [0.717, 1.165) is 5.56 Å². The first-order chi connectivity index (χ1) is 14.7. The Morgan fingerprint density at radius 3 is 2.39 bits per heavy atom. The lowest BCUT2D eigenvalue weighted by atomic mass is 10.0. The van der Waals surface area contributed by atoms with E-state index in [2.05, 4.69) is 19.8 Å². The number of esters is 1. The number of benzene rings is 2. The van der Waals surface area contributed by atoms with Gasteiger partial charge in [-0.1, -0.05) is 18.2 Å². The Labute approximate surface area is 173 Å². The van der Waals surface area contributed by atoms with Gasteiger partial charge in [0.2, 0.25) is 5.43 Å². The van der Waals surface area contributed by atoms with E-state index in [4.69, 9.17) is 0 Å². The molecule has 0 aliphatic heterocycles. The van der Waals surface area contributed by atoms with Crippen LogP contribution in [0.3, 0.4) is 0 Å². The van der Waals surface area contributed by atoms with Gasteiger partial charge in [-0.15, -0.1) is 13.2 Å². The van der Waals surface area contributed by atoms with Gasteiger partial charge in [-0.3, -0.25) is 14.4 Å². The van der Waals surface area contributed by atoms with Crippen molar-refractivity contribution < 1.29 is 32.2 Å². The van der Waals surface area contributed by atoms with Crippen molar-refractivity contribution in [2.75, 3.05) is 13.7 Å². The number of alkyl halides is 3. The molecular weight excluding hydrogens is 417 g/mol. The van der Waals surface area contributed by atoms with E-state index in [-0.39, 0.29) is 23.2 Å². The van der Waals surface area contributed by atoms with Crippen LogP contribution in [0.25, 0.3) is 10.9 Å². The summed E-state index contributed by atoms with van der Waals surface area (Å²) in [7, 11) is 1.18. The molecular formula is C21H17F3N2O5. The lowest BCUT2D eigenvalue weighted by Crippen LogP contribution is -2.33. The van der Waals surface area contributed by atoms with Crippen LogP contribution in [0.1, 0.15) is 21.5 Å². The summed E-state index contributed by atoms with van der Waals surface area (Å²) in [6.07, 6.45) is -3.15. The van der Waals surface area contributed by atoms with E-state index in [1.165, 1.54) is 37.6 Å². The van der Waals surface area contributed by atoms with Crippen LogP contribution in [0.5, 0.6) is 5.75 Å². The van der Waals surface area contributed by atoms with E-state index < -0.39 is 23.7 Å². The van der Waals surface area contributed by atoms with Crippen molar-refractivity contribution in [3.05, 3.63) is 75.6 Å². The molecule has 10 heteroatoms. The molecule has 3 rings (SSSR count). The second-order valence-electron chi connectivity index (χ2n) is 6.54. The molecule has 31 heavy (non-hydrogen) atoms. The number of fused-ring (bicyclic) bond motifs is 1. The van der Waals surface area contributed by atoms with Crippen molar-refractivity contribution >= 4 is 22.8 Å². The van der Waals surface area contributed by atoms with Crippen LogP contribution in [-0.2, 0) is 16.0 Å². The van der Waals surface area contributed by atoms with Gasteiger partial charge in [0.15, 0.2) is 0 Å². The fraction of sp³-hybridized carbons (Fsp3) is 0.190. The van der Waals surface area contributed by atoms with Crippen molar-refractivity contribution in [1.29, 1.82) is 0 Å². The minimum absolute atomic E-state index is 0.165. The maximum atomic E-state index is 12.7. The van der Waals surface area contributed by atoms with Crippen LogP contribution < -0.4 is 15.5 Å². The highest BCUT2D eigenvalue weighted by atomic mass is 19.4. The zero-order valence-electron chi connectivity index (χ0n) is 16.2. The van der Waals surface area contributed by atoms with Crippen LogP contribution in [0, 0.1) is 0 Å². The third kappa shape index (κ3) is 5.62. The van der Waals surface area contributed by atoms with Crippen molar-refractivity contribution in [1.82, 2.24) is 10.3 Å². The van der Waals surface area contributed by atoms with E-state index in [9.17, 15) is 27.6 Å². The molecule has 0 unspecified atom stereocenters. The zero-order chi connectivity index (χ0) is 22.6. The van der Waals surface area contributed by atoms with Gasteiger partial charge < -0.3 is 19.8 Å². The van der Waals surface area contributed by atoms with Gasteiger partial charge in [0.1, 0.15) is 17.9 Å². The molecule has 1 amide bonds. The predicted molar refractivity (Wildman–Crippen MR) is 105 cm³/mol. The lowest BCUT2D eigenvalue weighted by molar-refractivity contribution is -0.274. The first-order valence-corrected chi connectivity index (χ1v) is 9.00. The number of carbonyl (C=O) groups is 2. The van der Waals surface area contributed by atoms with Gasteiger partial charge in [-0.25, -0.2) is 0 Å². The zero-order valence-corrected chi connectivity index (χ0v) is 16.2. The van der Waals surface area contributed by atoms with Gasteiger partial charge >= 0.3 is 12.3 Å². The Bertz CT molecular complexity index is 1170. The van der Waals surface area contributed by atoms with Crippen LogP contribution in [0.4, 0.5) is 13.2 Å². The minimum Gasteiger partial charge on any atom is -0.468 e. The number of ether oxygens (including phenoxy) is 2. The maximum Gasteiger partial charge on any atom is 0.573 e. The molecule has 7 nitrogen and oxygen atoms in total. The van der Waals surface area contributed by atoms with Crippen LogP contribution in [-0.4, -0.2) is 36.9 Å². The third-order valence-electron chi connectivity index (χ3n) is 4.38. The molecule has 0 bridgehead atoms. The van der Waals surface area contributed by atoms with Gasteiger partial charge in [0, 0.05) is 17.1 Å². The topological polar surface area (TPSA) is 97.5 Å². The molecule has 1 aromatic heterocycles. The summed E-state index contributed by atoms with van der Waals surface area (Å²) < 4.78 is 45.1. The molecule has 162 valence electrons. The Hall–Kier alpha value is -3.82. The molecule has 0 saturated carbocycles. The normalized spacial score (nSPS) is 11.2. The summed E-state index contributed by atoms with van der Waals surface area (Å²) in [5, 5.41) is 2.57. The third-order valence-corrected chi connectivity index (χ3v) is 4.38. The number of pyridine rings is 1.